The van der Waals surface area contributed by atoms with Gasteiger partial charge in [0.2, 0.25) is 0 Å². The van der Waals surface area contributed by atoms with Crippen LogP contribution in [0.15, 0.2) is 114 Å². The second-order valence-electron chi connectivity index (χ2n) is 9.77. The van der Waals surface area contributed by atoms with Gasteiger partial charge in [0.05, 0.1) is 41.5 Å². The lowest BCUT2D eigenvalue weighted by atomic mass is 9.96. The summed E-state index contributed by atoms with van der Waals surface area (Å²) in [6.07, 6.45) is 2.68. The zero-order valence-electron chi connectivity index (χ0n) is 22.2. The zero-order valence-corrected chi connectivity index (χ0v) is 22.2. The third kappa shape index (κ3) is 4.85. The topological polar surface area (TPSA) is 80.0 Å². The predicted octanol–water partition coefficient (Wildman–Crippen LogP) is 6.91. The van der Waals surface area contributed by atoms with E-state index in [4.69, 9.17) is 14.9 Å². The number of benzene rings is 4. The Balaban J connectivity index is 1.50. The fourth-order valence-electron chi connectivity index (χ4n) is 5.01. The number of ether oxygens (including phenoxy) is 1. The molecule has 1 aliphatic heterocycles. The second kappa shape index (κ2) is 10.5. The van der Waals surface area contributed by atoms with E-state index in [1.165, 1.54) is 5.56 Å². The van der Waals surface area contributed by atoms with E-state index in [2.05, 4.69) is 37.4 Å². The highest BCUT2D eigenvalue weighted by molar-refractivity contribution is 6.03. The molecule has 198 valence electrons. The number of hydrogen-bond acceptors (Lipinski definition) is 5. The van der Waals surface area contributed by atoms with Gasteiger partial charge in [-0.05, 0) is 67.1 Å². The summed E-state index contributed by atoms with van der Waals surface area (Å²) in [6, 6.07) is 32.9. The van der Waals surface area contributed by atoms with E-state index in [0.717, 1.165) is 39.5 Å². The fourth-order valence-corrected chi connectivity index (χ4v) is 5.01. The number of para-hydroxylation sites is 1. The van der Waals surface area contributed by atoms with Crippen molar-refractivity contribution < 1.29 is 14.6 Å². The van der Waals surface area contributed by atoms with Gasteiger partial charge >= 0.3 is 5.97 Å². The molecule has 0 aliphatic carbocycles. The molecule has 1 N–H and O–H groups in total. The lowest BCUT2D eigenvalue weighted by molar-refractivity contribution is 0.0697. The Hall–Kier alpha value is -5.17. The molecular weight excluding hydrogens is 500 g/mol. The largest absolute Gasteiger partial charge is 0.497 e. The smallest absolute Gasteiger partial charge is 0.335 e. The highest BCUT2D eigenvalue weighted by Gasteiger charge is 2.34. The number of hydrogen-bond donors (Lipinski definition) is 1. The Bertz CT molecular complexity index is 1690. The van der Waals surface area contributed by atoms with Crippen molar-refractivity contribution in [2.24, 2.45) is 5.10 Å². The minimum Gasteiger partial charge on any atom is -0.497 e. The van der Waals surface area contributed by atoms with Crippen molar-refractivity contribution in [3.8, 4) is 22.7 Å². The molecule has 4 aromatic carbocycles. The quantitative estimate of drug-likeness (QED) is 0.248. The summed E-state index contributed by atoms with van der Waals surface area (Å²) < 4.78 is 7.25. The Kier molecular flexibility index (Phi) is 6.62. The maximum Gasteiger partial charge on any atom is 0.335 e. The maximum absolute atomic E-state index is 11.8. The van der Waals surface area contributed by atoms with Gasteiger partial charge in [-0.2, -0.15) is 10.2 Å². The van der Waals surface area contributed by atoms with Crippen LogP contribution < -0.4 is 9.75 Å². The maximum atomic E-state index is 11.8. The van der Waals surface area contributed by atoms with E-state index < -0.39 is 5.97 Å². The molecule has 40 heavy (non-hydrogen) atoms. The number of carboxylic acid groups (broad SMARTS) is 1. The first-order chi connectivity index (χ1) is 19.5. The summed E-state index contributed by atoms with van der Waals surface area (Å²) in [5.41, 5.74) is 7.79. The molecular formula is C33H28N4O3. The summed E-state index contributed by atoms with van der Waals surface area (Å²) >= 11 is 0. The van der Waals surface area contributed by atoms with E-state index >= 15 is 0 Å². The van der Waals surface area contributed by atoms with Crippen LogP contribution in [0.5, 0.6) is 5.75 Å². The lowest BCUT2D eigenvalue weighted by Crippen LogP contribution is -2.19. The third-order valence-electron chi connectivity index (χ3n) is 7.14. The third-order valence-corrected chi connectivity index (χ3v) is 7.14. The van der Waals surface area contributed by atoms with Gasteiger partial charge in [0.1, 0.15) is 5.75 Å². The number of hydrazone groups is 1. The Morgan fingerprint density at radius 1 is 0.875 bits per heavy atom. The minimum absolute atomic E-state index is 0.211. The first-order valence-electron chi connectivity index (χ1n) is 13.1. The van der Waals surface area contributed by atoms with E-state index in [1.807, 2.05) is 70.4 Å². The van der Waals surface area contributed by atoms with Gasteiger partial charge in [-0.3, -0.25) is 5.01 Å². The van der Waals surface area contributed by atoms with Crippen LogP contribution in [0.1, 0.15) is 39.5 Å². The van der Waals surface area contributed by atoms with Gasteiger partial charge in [-0.15, -0.1) is 0 Å². The molecule has 0 saturated heterocycles. The molecule has 0 bridgehead atoms. The van der Waals surface area contributed by atoms with Crippen molar-refractivity contribution in [2.75, 3.05) is 12.1 Å². The van der Waals surface area contributed by atoms with E-state index in [9.17, 15) is 9.90 Å². The van der Waals surface area contributed by atoms with Crippen molar-refractivity contribution in [2.45, 2.75) is 19.4 Å². The number of carbonyl (C=O) groups is 1. The molecule has 1 aromatic heterocycles. The van der Waals surface area contributed by atoms with Gasteiger partial charge in [0, 0.05) is 23.7 Å². The average molecular weight is 529 g/mol. The van der Waals surface area contributed by atoms with Crippen LogP contribution in [0.4, 0.5) is 5.69 Å². The minimum atomic E-state index is -0.978. The molecule has 1 atom stereocenters. The van der Waals surface area contributed by atoms with E-state index in [-0.39, 0.29) is 11.6 Å². The molecule has 0 spiro atoms. The first kappa shape index (κ1) is 25.1. The molecule has 0 fully saturated rings. The number of anilines is 1. The Labute approximate surface area is 232 Å². The van der Waals surface area contributed by atoms with Gasteiger partial charge in [0.25, 0.3) is 0 Å². The van der Waals surface area contributed by atoms with E-state index in [0.29, 0.717) is 12.1 Å². The Morgan fingerprint density at radius 3 is 2.27 bits per heavy atom. The molecule has 0 saturated carbocycles. The van der Waals surface area contributed by atoms with Gasteiger partial charge in [0.15, 0.2) is 0 Å². The second-order valence-corrected chi connectivity index (χ2v) is 9.77. The normalized spacial score (nSPS) is 14.7. The monoisotopic (exact) mass is 528 g/mol. The van der Waals surface area contributed by atoms with Crippen molar-refractivity contribution in [3.63, 3.8) is 0 Å². The molecule has 2 heterocycles. The molecule has 6 rings (SSSR count). The summed E-state index contributed by atoms with van der Waals surface area (Å²) in [7, 11) is 1.65. The summed E-state index contributed by atoms with van der Waals surface area (Å²) in [5, 5.41) is 21.7. The van der Waals surface area contributed by atoms with Gasteiger partial charge in [-0.25, -0.2) is 9.48 Å². The van der Waals surface area contributed by atoms with Crippen LogP contribution in [0, 0.1) is 6.92 Å². The van der Waals surface area contributed by atoms with Gasteiger partial charge in [-0.1, -0.05) is 54.1 Å². The SMILES string of the molecule is COc1ccc(C2=NN(c3cccc(C(=O)O)c3)C(c3cn(-c4ccccc4)nc3-c3ccc(C)cc3)C2)cc1. The van der Waals surface area contributed by atoms with Gasteiger partial charge < -0.3 is 9.84 Å². The van der Waals surface area contributed by atoms with Crippen molar-refractivity contribution in [1.29, 1.82) is 0 Å². The molecule has 0 radical (unpaired) electrons. The van der Waals surface area contributed by atoms with Crippen LogP contribution in [0.2, 0.25) is 0 Å². The first-order valence-corrected chi connectivity index (χ1v) is 13.1. The van der Waals surface area contributed by atoms with Crippen molar-refractivity contribution in [3.05, 3.63) is 132 Å². The van der Waals surface area contributed by atoms with Crippen molar-refractivity contribution >= 4 is 17.4 Å². The molecule has 1 aliphatic rings. The highest BCUT2D eigenvalue weighted by Crippen LogP contribution is 2.41. The summed E-state index contributed by atoms with van der Waals surface area (Å²) in [6.45, 7) is 2.07. The number of rotatable bonds is 7. The molecule has 1 unspecified atom stereocenters. The van der Waals surface area contributed by atoms with Crippen molar-refractivity contribution in [1.82, 2.24) is 9.78 Å². The summed E-state index contributed by atoms with van der Waals surface area (Å²) in [4.78, 5) is 11.8. The van der Waals surface area contributed by atoms with Crippen LogP contribution in [-0.2, 0) is 0 Å². The van der Waals surface area contributed by atoms with Crippen LogP contribution in [-0.4, -0.2) is 33.7 Å². The molecule has 5 aromatic rings. The molecule has 0 amide bonds. The van der Waals surface area contributed by atoms with Crippen LogP contribution in [0.25, 0.3) is 16.9 Å². The number of aromatic nitrogens is 2. The van der Waals surface area contributed by atoms with E-state index in [1.54, 1.807) is 25.3 Å². The standard InChI is InChI=1S/C33H28N4O3/c1-22-11-13-24(14-12-22)32-29(21-36(35-32)26-8-4-3-5-9-26)31-20-30(23-15-17-28(40-2)18-16-23)34-37(31)27-10-6-7-25(19-27)33(38)39/h3-19,21,31H,20H2,1-2H3,(H,38,39). The highest BCUT2D eigenvalue weighted by atomic mass is 16.5. The number of carboxylic acids is 1. The number of aryl methyl sites for hydroxylation is 1. The molecule has 7 nitrogen and oxygen atoms in total. The number of nitrogens with zero attached hydrogens (tertiary/aromatic N) is 4. The Morgan fingerprint density at radius 2 is 1.57 bits per heavy atom. The number of aromatic carboxylic acids is 1. The number of methoxy groups -OCH3 is 1. The lowest BCUT2D eigenvalue weighted by Gasteiger charge is -2.24. The van der Waals surface area contributed by atoms with Crippen LogP contribution in [0.3, 0.4) is 0 Å². The average Bonchev–Trinajstić information content (AvgIpc) is 3.64. The zero-order chi connectivity index (χ0) is 27.6. The predicted molar refractivity (Wildman–Crippen MR) is 157 cm³/mol. The summed E-state index contributed by atoms with van der Waals surface area (Å²) in [5.74, 6) is -0.204. The molecule has 7 heteroatoms. The van der Waals surface area contributed by atoms with Crippen LogP contribution >= 0.6 is 0 Å². The fraction of sp³-hybridized carbons (Fsp3) is 0.121.